The molecule has 2 saturated heterocycles. The Morgan fingerprint density at radius 3 is 3.00 bits per heavy atom. The van der Waals surface area contributed by atoms with Crippen molar-refractivity contribution in [3.8, 4) is 0 Å². The van der Waals surface area contributed by atoms with Gasteiger partial charge in [-0.05, 0) is 18.6 Å². The quantitative estimate of drug-likeness (QED) is 0.620. The molecule has 0 unspecified atom stereocenters. The zero-order chi connectivity index (χ0) is 16.9. The maximum absolute atomic E-state index is 13.1. The van der Waals surface area contributed by atoms with Crippen LogP contribution in [0.25, 0.3) is 0 Å². The summed E-state index contributed by atoms with van der Waals surface area (Å²) in [6, 6.07) is 7.20. The third-order valence-corrected chi connectivity index (χ3v) is 5.28. The van der Waals surface area contributed by atoms with E-state index in [2.05, 4.69) is 0 Å². The highest BCUT2D eigenvalue weighted by molar-refractivity contribution is 6.34. The lowest BCUT2D eigenvalue weighted by molar-refractivity contribution is -0.152. The van der Waals surface area contributed by atoms with Gasteiger partial charge in [0.2, 0.25) is 5.91 Å². The van der Waals surface area contributed by atoms with Crippen molar-refractivity contribution in [2.75, 3.05) is 18.1 Å². The number of anilines is 1. The first-order chi connectivity index (χ1) is 11.6. The van der Waals surface area contributed by atoms with Crippen LogP contribution in [-0.2, 0) is 19.1 Å². The van der Waals surface area contributed by atoms with Gasteiger partial charge in [0.25, 0.3) is 0 Å². The molecule has 1 amide bonds. The van der Waals surface area contributed by atoms with E-state index in [0.29, 0.717) is 23.9 Å². The number of carbonyl (C=O) groups is 2. The van der Waals surface area contributed by atoms with Crippen LogP contribution in [-0.4, -0.2) is 36.7 Å². The number of esters is 1. The largest absolute Gasteiger partial charge is 0.465 e. The third kappa shape index (κ3) is 2.11. The molecule has 126 valence electrons. The molecule has 5 nitrogen and oxygen atoms in total. The van der Waals surface area contributed by atoms with Crippen molar-refractivity contribution in [2.45, 2.75) is 25.0 Å². The zero-order valence-electron chi connectivity index (χ0n) is 13.3. The van der Waals surface area contributed by atoms with Gasteiger partial charge >= 0.3 is 5.97 Å². The molecule has 0 radical (unpaired) electrons. The van der Waals surface area contributed by atoms with Gasteiger partial charge in [-0.1, -0.05) is 42.8 Å². The molecule has 2 fully saturated rings. The molecule has 0 aromatic heterocycles. The SMILES string of the molecule is CCCOC(=O)[C@H]1[C@H]2C=C[C@@]3(CN(c4ccccc4Cl)C(=O)[C@@H]13)O2. The second kappa shape index (κ2) is 5.60. The van der Waals surface area contributed by atoms with Crippen LogP contribution in [0.2, 0.25) is 5.02 Å². The molecule has 0 N–H and O–H groups in total. The van der Waals surface area contributed by atoms with E-state index in [4.69, 9.17) is 21.1 Å². The molecule has 3 aliphatic rings. The van der Waals surface area contributed by atoms with Crippen LogP contribution >= 0.6 is 11.6 Å². The van der Waals surface area contributed by atoms with E-state index in [0.717, 1.165) is 6.42 Å². The number of para-hydroxylation sites is 1. The van der Waals surface area contributed by atoms with E-state index in [1.165, 1.54) is 0 Å². The first-order valence-corrected chi connectivity index (χ1v) is 8.55. The number of fused-ring (bicyclic) bond motifs is 1. The van der Waals surface area contributed by atoms with Gasteiger partial charge in [-0.15, -0.1) is 0 Å². The van der Waals surface area contributed by atoms with E-state index in [-0.39, 0.29) is 18.0 Å². The summed E-state index contributed by atoms with van der Waals surface area (Å²) in [5.41, 5.74) is -0.106. The minimum atomic E-state index is -0.753. The minimum Gasteiger partial charge on any atom is -0.465 e. The van der Waals surface area contributed by atoms with Gasteiger partial charge in [-0.25, -0.2) is 0 Å². The number of hydrogen-bond acceptors (Lipinski definition) is 4. The van der Waals surface area contributed by atoms with Gasteiger partial charge in [0.15, 0.2) is 0 Å². The third-order valence-electron chi connectivity index (χ3n) is 4.96. The second-order valence-electron chi connectivity index (χ2n) is 6.44. The van der Waals surface area contributed by atoms with Gasteiger partial charge in [0, 0.05) is 0 Å². The molecule has 4 rings (SSSR count). The minimum absolute atomic E-state index is 0.131. The highest BCUT2D eigenvalue weighted by Gasteiger charge is 2.67. The smallest absolute Gasteiger partial charge is 0.312 e. The van der Waals surface area contributed by atoms with Crippen LogP contribution < -0.4 is 4.90 Å². The van der Waals surface area contributed by atoms with E-state index >= 15 is 0 Å². The van der Waals surface area contributed by atoms with Crippen molar-refractivity contribution in [1.82, 2.24) is 0 Å². The summed E-state index contributed by atoms with van der Waals surface area (Å²) in [7, 11) is 0. The van der Waals surface area contributed by atoms with Crippen molar-refractivity contribution in [2.24, 2.45) is 11.8 Å². The highest BCUT2D eigenvalue weighted by Crippen LogP contribution is 2.53. The lowest BCUT2D eigenvalue weighted by Crippen LogP contribution is -2.40. The maximum Gasteiger partial charge on any atom is 0.312 e. The van der Waals surface area contributed by atoms with E-state index in [1.807, 2.05) is 31.2 Å². The van der Waals surface area contributed by atoms with E-state index in [9.17, 15) is 9.59 Å². The number of carbonyl (C=O) groups excluding carboxylic acids is 2. The summed E-state index contributed by atoms with van der Waals surface area (Å²) in [5, 5.41) is 0.505. The van der Waals surface area contributed by atoms with Crippen LogP contribution in [0.3, 0.4) is 0 Å². The summed E-state index contributed by atoms with van der Waals surface area (Å²) in [4.78, 5) is 27.1. The Kier molecular flexibility index (Phi) is 3.66. The molecule has 24 heavy (non-hydrogen) atoms. The molecular formula is C18H18ClNO4. The number of amides is 1. The van der Waals surface area contributed by atoms with Crippen LogP contribution in [0, 0.1) is 11.8 Å². The molecule has 6 heteroatoms. The number of ether oxygens (including phenoxy) is 2. The lowest BCUT2D eigenvalue weighted by Gasteiger charge is -2.22. The predicted octanol–water partition coefficient (Wildman–Crippen LogP) is 2.58. The molecule has 0 saturated carbocycles. The molecule has 1 aromatic rings. The Hall–Kier alpha value is -1.85. The van der Waals surface area contributed by atoms with E-state index in [1.54, 1.807) is 17.0 Å². The van der Waals surface area contributed by atoms with E-state index < -0.39 is 17.4 Å². The normalized spacial score (nSPS) is 33.2. The summed E-state index contributed by atoms with van der Waals surface area (Å²) in [5.74, 6) is -1.62. The van der Waals surface area contributed by atoms with Crippen LogP contribution in [0.5, 0.6) is 0 Å². The number of nitrogens with zero attached hydrogens (tertiary/aromatic N) is 1. The average molecular weight is 348 g/mol. The topological polar surface area (TPSA) is 55.8 Å². The fraction of sp³-hybridized carbons (Fsp3) is 0.444. The average Bonchev–Trinajstić information content (AvgIpc) is 3.21. The molecular weight excluding hydrogens is 330 g/mol. The molecule has 3 heterocycles. The predicted molar refractivity (Wildman–Crippen MR) is 88.8 cm³/mol. The fourth-order valence-corrected chi connectivity index (χ4v) is 4.18. The van der Waals surface area contributed by atoms with Crippen LogP contribution in [0.1, 0.15) is 13.3 Å². The number of hydrogen-bond donors (Lipinski definition) is 0. The van der Waals surface area contributed by atoms with Gasteiger partial charge in [-0.3, -0.25) is 9.59 Å². The Morgan fingerprint density at radius 2 is 2.25 bits per heavy atom. The highest BCUT2D eigenvalue weighted by atomic mass is 35.5. The van der Waals surface area contributed by atoms with Crippen LogP contribution in [0.15, 0.2) is 36.4 Å². The molecule has 1 spiro atoms. The molecule has 1 aromatic carbocycles. The van der Waals surface area contributed by atoms with Crippen LogP contribution in [0.4, 0.5) is 5.69 Å². The standard InChI is InChI=1S/C18H18ClNO4/c1-2-9-23-17(22)14-13-7-8-18(24-13)10-20(16(21)15(14)18)12-6-4-3-5-11(12)19/h3-8,13-15H,2,9-10H2,1H3/t13-,14+,15-,18+/m1/s1. The summed E-state index contributed by atoms with van der Waals surface area (Å²) < 4.78 is 11.3. The molecule has 0 aliphatic carbocycles. The van der Waals surface area contributed by atoms with Gasteiger partial charge < -0.3 is 14.4 Å². The Labute approximate surface area is 145 Å². The van der Waals surface area contributed by atoms with Crippen molar-refractivity contribution in [3.05, 3.63) is 41.4 Å². The fourth-order valence-electron chi connectivity index (χ4n) is 3.94. The van der Waals surface area contributed by atoms with Crippen molar-refractivity contribution < 1.29 is 19.1 Å². The number of benzene rings is 1. The van der Waals surface area contributed by atoms with Crippen molar-refractivity contribution in [3.63, 3.8) is 0 Å². The summed E-state index contributed by atoms with van der Waals surface area (Å²) >= 11 is 6.25. The zero-order valence-corrected chi connectivity index (χ0v) is 14.0. The summed E-state index contributed by atoms with van der Waals surface area (Å²) in [6.45, 7) is 2.66. The Morgan fingerprint density at radius 1 is 1.46 bits per heavy atom. The Balaban J connectivity index is 1.67. The summed E-state index contributed by atoms with van der Waals surface area (Å²) in [6.07, 6.45) is 4.16. The van der Waals surface area contributed by atoms with Gasteiger partial charge in [0.05, 0.1) is 35.9 Å². The maximum atomic E-state index is 13.1. The van der Waals surface area contributed by atoms with Gasteiger partial charge in [0.1, 0.15) is 11.5 Å². The molecule has 4 atom stereocenters. The number of halogens is 1. The van der Waals surface area contributed by atoms with Crippen molar-refractivity contribution >= 4 is 29.2 Å². The Bertz CT molecular complexity index is 733. The first kappa shape index (κ1) is 15.7. The van der Waals surface area contributed by atoms with Gasteiger partial charge in [-0.2, -0.15) is 0 Å². The lowest BCUT2D eigenvalue weighted by atomic mass is 9.77. The molecule has 3 aliphatic heterocycles. The van der Waals surface area contributed by atoms with Crippen molar-refractivity contribution in [1.29, 1.82) is 0 Å². The number of rotatable bonds is 4. The second-order valence-corrected chi connectivity index (χ2v) is 6.85. The monoisotopic (exact) mass is 347 g/mol. The first-order valence-electron chi connectivity index (χ1n) is 8.17. The molecule has 2 bridgehead atoms.